The predicted molar refractivity (Wildman–Crippen MR) is 97.9 cm³/mol. The van der Waals surface area contributed by atoms with E-state index in [0.717, 1.165) is 25.1 Å². The highest BCUT2D eigenvalue weighted by molar-refractivity contribution is 5.81. The van der Waals surface area contributed by atoms with E-state index >= 15 is 0 Å². The van der Waals surface area contributed by atoms with Gasteiger partial charge in [-0.05, 0) is 30.9 Å². The zero-order chi connectivity index (χ0) is 18.4. The second-order valence-corrected chi connectivity index (χ2v) is 7.40. The summed E-state index contributed by atoms with van der Waals surface area (Å²) in [7, 11) is 3.50. The molecule has 0 unspecified atom stereocenters. The number of amides is 3. The number of pyridine rings is 1. The van der Waals surface area contributed by atoms with Gasteiger partial charge in [0.05, 0.1) is 18.2 Å². The summed E-state index contributed by atoms with van der Waals surface area (Å²) in [6.45, 7) is 6.68. The molecule has 6 heteroatoms. The van der Waals surface area contributed by atoms with Crippen molar-refractivity contribution in [2.24, 2.45) is 11.8 Å². The fourth-order valence-electron chi connectivity index (χ4n) is 3.25. The maximum atomic E-state index is 13.1. The Hall–Kier alpha value is -2.11. The Morgan fingerprint density at radius 3 is 2.68 bits per heavy atom. The Morgan fingerprint density at radius 1 is 1.32 bits per heavy atom. The van der Waals surface area contributed by atoms with E-state index < -0.39 is 0 Å². The zero-order valence-corrected chi connectivity index (χ0v) is 15.8. The van der Waals surface area contributed by atoms with E-state index in [2.05, 4.69) is 18.8 Å². The molecule has 1 aromatic rings. The van der Waals surface area contributed by atoms with Crippen LogP contribution in [0.2, 0.25) is 0 Å². The number of piperidine rings is 1. The van der Waals surface area contributed by atoms with Crippen LogP contribution in [0.25, 0.3) is 0 Å². The van der Waals surface area contributed by atoms with Gasteiger partial charge in [-0.1, -0.05) is 19.9 Å². The van der Waals surface area contributed by atoms with Crippen LogP contribution >= 0.6 is 0 Å². The molecular formula is C19H30N4O2. The van der Waals surface area contributed by atoms with Gasteiger partial charge in [0.1, 0.15) is 0 Å². The molecule has 0 bridgehead atoms. The van der Waals surface area contributed by atoms with Crippen molar-refractivity contribution in [1.29, 1.82) is 0 Å². The van der Waals surface area contributed by atoms with Gasteiger partial charge in [-0.15, -0.1) is 0 Å². The normalized spacial score (nSPS) is 17.5. The first-order chi connectivity index (χ1) is 11.9. The molecule has 1 saturated heterocycles. The molecule has 0 radical (unpaired) electrons. The van der Waals surface area contributed by atoms with E-state index in [9.17, 15) is 9.59 Å². The summed E-state index contributed by atoms with van der Waals surface area (Å²) in [5.41, 5.74) is 0.897. The van der Waals surface area contributed by atoms with E-state index in [1.807, 2.05) is 23.1 Å². The second kappa shape index (κ2) is 8.83. The molecule has 2 rings (SSSR count). The molecule has 0 saturated carbocycles. The van der Waals surface area contributed by atoms with Crippen LogP contribution in [0.5, 0.6) is 0 Å². The topological polar surface area (TPSA) is 56.8 Å². The lowest BCUT2D eigenvalue weighted by atomic mass is 9.96. The number of nitrogens with zero attached hydrogens (tertiary/aromatic N) is 4. The molecule has 0 aromatic carbocycles. The van der Waals surface area contributed by atoms with E-state index in [1.165, 1.54) is 0 Å². The van der Waals surface area contributed by atoms with Crippen LogP contribution in [0.1, 0.15) is 32.4 Å². The monoisotopic (exact) mass is 346 g/mol. The van der Waals surface area contributed by atoms with Gasteiger partial charge in [-0.25, -0.2) is 4.79 Å². The number of likely N-dealkylation sites (tertiary alicyclic amines) is 1. The van der Waals surface area contributed by atoms with Crippen LogP contribution in [-0.2, 0) is 11.3 Å². The molecule has 1 aliphatic rings. The van der Waals surface area contributed by atoms with Crippen molar-refractivity contribution in [3.05, 3.63) is 30.1 Å². The molecule has 3 amide bonds. The van der Waals surface area contributed by atoms with Gasteiger partial charge in [0.2, 0.25) is 5.91 Å². The Labute approximate surface area is 150 Å². The summed E-state index contributed by atoms with van der Waals surface area (Å²) in [6, 6.07) is 5.75. The minimum atomic E-state index is -0.125. The smallest absolute Gasteiger partial charge is 0.319 e. The quantitative estimate of drug-likeness (QED) is 0.823. The fraction of sp³-hybridized carbons (Fsp3) is 0.632. The number of carbonyl (C=O) groups excluding carboxylic acids is 2. The van der Waals surface area contributed by atoms with Crippen molar-refractivity contribution in [2.75, 3.05) is 33.7 Å². The van der Waals surface area contributed by atoms with Gasteiger partial charge in [-0.2, -0.15) is 0 Å². The van der Waals surface area contributed by atoms with E-state index in [1.54, 1.807) is 30.1 Å². The predicted octanol–water partition coefficient (Wildman–Crippen LogP) is 2.46. The van der Waals surface area contributed by atoms with Crippen LogP contribution < -0.4 is 0 Å². The summed E-state index contributed by atoms with van der Waals surface area (Å²) in [5.74, 6) is 0.395. The SMILES string of the molecule is CC(C)CN(Cc1ccccn1)C(=O)[C@@H]1CCCN(C(=O)N(C)C)C1. The Bertz CT molecular complexity index is 574. The van der Waals surface area contributed by atoms with Crippen molar-refractivity contribution in [1.82, 2.24) is 19.7 Å². The average molecular weight is 346 g/mol. The Balaban J connectivity index is 2.08. The number of carbonyl (C=O) groups is 2. The van der Waals surface area contributed by atoms with Crippen LogP contribution in [0, 0.1) is 11.8 Å². The maximum absolute atomic E-state index is 13.1. The standard InChI is InChI=1S/C19H30N4O2/c1-15(2)12-23(14-17-9-5-6-10-20-17)18(24)16-8-7-11-22(13-16)19(25)21(3)4/h5-6,9-10,15-16H,7-8,11-14H2,1-4H3/t16-/m1/s1. The van der Waals surface area contributed by atoms with Crippen molar-refractivity contribution in [3.63, 3.8) is 0 Å². The summed E-state index contributed by atoms with van der Waals surface area (Å²) < 4.78 is 0. The third kappa shape index (κ3) is 5.44. The molecule has 138 valence electrons. The molecule has 0 aliphatic carbocycles. The molecule has 1 fully saturated rings. The molecular weight excluding hydrogens is 316 g/mol. The zero-order valence-electron chi connectivity index (χ0n) is 15.8. The molecule has 1 aromatic heterocycles. The number of urea groups is 1. The largest absolute Gasteiger partial charge is 0.336 e. The minimum absolute atomic E-state index is 0.0161. The van der Waals surface area contributed by atoms with Gasteiger partial charge >= 0.3 is 6.03 Å². The first-order valence-electron chi connectivity index (χ1n) is 9.03. The van der Waals surface area contributed by atoms with E-state index in [4.69, 9.17) is 0 Å². The number of hydrogen-bond donors (Lipinski definition) is 0. The second-order valence-electron chi connectivity index (χ2n) is 7.40. The average Bonchev–Trinajstić information content (AvgIpc) is 2.60. The third-order valence-electron chi connectivity index (χ3n) is 4.40. The van der Waals surface area contributed by atoms with Crippen LogP contribution in [0.3, 0.4) is 0 Å². The van der Waals surface area contributed by atoms with E-state index in [0.29, 0.717) is 25.6 Å². The molecule has 2 heterocycles. The number of rotatable bonds is 5. The lowest BCUT2D eigenvalue weighted by Crippen LogP contribution is -2.49. The molecule has 0 spiro atoms. The molecule has 6 nitrogen and oxygen atoms in total. The highest BCUT2D eigenvalue weighted by atomic mass is 16.2. The first kappa shape index (κ1) is 19.2. The molecule has 25 heavy (non-hydrogen) atoms. The van der Waals surface area contributed by atoms with Gasteiger partial charge < -0.3 is 14.7 Å². The van der Waals surface area contributed by atoms with Crippen LogP contribution in [0.15, 0.2) is 24.4 Å². The Kier molecular flexibility index (Phi) is 6.79. The number of aromatic nitrogens is 1. The van der Waals surface area contributed by atoms with Crippen molar-refractivity contribution in [2.45, 2.75) is 33.2 Å². The molecule has 1 aliphatic heterocycles. The Morgan fingerprint density at radius 2 is 2.08 bits per heavy atom. The van der Waals surface area contributed by atoms with Gasteiger partial charge in [0.25, 0.3) is 0 Å². The summed E-state index contributed by atoms with van der Waals surface area (Å²) in [6.07, 6.45) is 3.47. The molecule has 0 N–H and O–H groups in total. The van der Waals surface area contributed by atoms with Gasteiger partial charge in [-0.3, -0.25) is 9.78 Å². The van der Waals surface area contributed by atoms with Crippen LogP contribution in [-0.4, -0.2) is 65.4 Å². The van der Waals surface area contributed by atoms with Gasteiger partial charge in [0.15, 0.2) is 0 Å². The lowest BCUT2D eigenvalue weighted by molar-refractivity contribution is -0.138. The van der Waals surface area contributed by atoms with Crippen LogP contribution in [0.4, 0.5) is 4.79 Å². The number of hydrogen-bond acceptors (Lipinski definition) is 3. The lowest BCUT2D eigenvalue weighted by Gasteiger charge is -2.36. The first-order valence-corrected chi connectivity index (χ1v) is 9.03. The van der Waals surface area contributed by atoms with Crippen molar-refractivity contribution < 1.29 is 9.59 Å². The highest BCUT2D eigenvalue weighted by Gasteiger charge is 2.32. The summed E-state index contributed by atoms with van der Waals surface area (Å²) in [4.78, 5) is 35.0. The summed E-state index contributed by atoms with van der Waals surface area (Å²) in [5, 5.41) is 0. The minimum Gasteiger partial charge on any atom is -0.336 e. The highest BCUT2D eigenvalue weighted by Crippen LogP contribution is 2.21. The van der Waals surface area contributed by atoms with Crippen molar-refractivity contribution >= 4 is 11.9 Å². The fourth-order valence-corrected chi connectivity index (χ4v) is 3.25. The summed E-state index contributed by atoms with van der Waals surface area (Å²) >= 11 is 0. The van der Waals surface area contributed by atoms with E-state index in [-0.39, 0.29) is 17.9 Å². The van der Waals surface area contributed by atoms with Gasteiger partial charge in [0, 0.05) is 39.9 Å². The van der Waals surface area contributed by atoms with Crippen molar-refractivity contribution in [3.8, 4) is 0 Å². The molecule has 1 atom stereocenters. The third-order valence-corrected chi connectivity index (χ3v) is 4.40. The maximum Gasteiger partial charge on any atom is 0.319 e.